The topological polar surface area (TPSA) is 27.1 Å². The minimum atomic E-state index is 0.0948. The van der Waals surface area contributed by atoms with Crippen LogP contribution in [-0.4, -0.2) is 9.78 Å². The van der Waals surface area contributed by atoms with Gasteiger partial charge in [0.1, 0.15) is 11.9 Å². The predicted octanol–water partition coefficient (Wildman–Crippen LogP) is 6.14. The summed E-state index contributed by atoms with van der Waals surface area (Å²) in [4.78, 5) is 0. The van der Waals surface area contributed by atoms with Crippen molar-refractivity contribution in [1.82, 2.24) is 9.78 Å². The second-order valence-corrected chi connectivity index (χ2v) is 6.65. The second-order valence-electron chi connectivity index (χ2n) is 6.65. The van der Waals surface area contributed by atoms with E-state index in [1.165, 1.54) is 18.4 Å². The van der Waals surface area contributed by atoms with Crippen LogP contribution in [0.1, 0.15) is 56.9 Å². The molecule has 3 heteroatoms. The van der Waals surface area contributed by atoms with Crippen LogP contribution in [0.4, 0.5) is 0 Å². The number of aromatic nitrogens is 2. The number of nitrogens with zero attached hydrogens (tertiary/aromatic N) is 2. The summed E-state index contributed by atoms with van der Waals surface area (Å²) in [5.74, 6) is 0.898. The van der Waals surface area contributed by atoms with Gasteiger partial charge in [0.15, 0.2) is 0 Å². The van der Waals surface area contributed by atoms with Crippen LogP contribution in [0.5, 0.6) is 5.75 Å². The summed E-state index contributed by atoms with van der Waals surface area (Å²) < 4.78 is 8.20. The summed E-state index contributed by atoms with van der Waals surface area (Å²) in [6.07, 6.45) is 7.64. The Labute approximate surface area is 156 Å². The molecule has 0 aliphatic heterocycles. The molecule has 1 atom stereocenters. The highest BCUT2D eigenvalue weighted by Crippen LogP contribution is 2.26. The van der Waals surface area contributed by atoms with Crippen molar-refractivity contribution in [2.75, 3.05) is 0 Å². The predicted molar refractivity (Wildman–Crippen MR) is 107 cm³/mol. The van der Waals surface area contributed by atoms with Gasteiger partial charge >= 0.3 is 0 Å². The molecule has 0 spiro atoms. The van der Waals surface area contributed by atoms with Crippen molar-refractivity contribution in [3.05, 3.63) is 78.1 Å². The third-order valence-corrected chi connectivity index (χ3v) is 4.53. The molecule has 3 rings (SSSR count). The van der Waals surface area contributed by atoms with E-state index in [9.17, 15) is 0 Å². The van der Waals surface area contributed by atoms with Crippen molar-refractivity contribution in [2.24, 2.45) is 0 Å². The Morgan fingerprint density at radius 3 is 2.38 bits per heavy atom. The van der Waals surface area contributed by atoms with E-state index in [1.807, 2.05) is 29.1 Å². The van der Waals surface area contributed by atoms with Gasteiger partial charge in [0.25, 0.3) is 0 Å². The molecule has 0 bridgehead atoms. The Kier molecular flexibility index (Phi) is 6.48. The molecule has 3 aromatic rings. The van der Waals surface area contributed by atoms with Crippen molar-refractivity contribution in [3.8, 4) is 11.4 Å². The highest BCUT2D eigenvalue weighted by atomic mass is 16.5. The van der Waals surface area contributed by atoms with Gasteiger partial charge in [-0.15, -0.1) is 0 Å². The smallest absolute Gasteiger partial charge is 0.124 e. The molecule has 0 N–H and O–H groups in total. The lowest BCUT2D eigenvalue weighted by Gasteiger charge is -2.19. The zero-order chi connectivity index (χ0) is 18.2. The van der Waals surface area contributed by atoms with Crippen LogP contribution in [0.3, 0.4) is 0 Å². The fourth-order valence-corrected chi connectivity index (χ4v) is 3.06. The average Bonchev–Trinajstić information content (AvgIpc) is 3.16. The van der Waals surface area contributed by atoms with Crippen molar-refractivity contribution in [2.45, 2.75) is 52.1 Å². The van der Waals surface area contributed by atoms with Gasteiger partial charge in [0.2, 0.25) is 0 Å². The Hall–Kier alpha value is -2.55. The number of rotatable bonds is 9. The fourth-order valence-electron chi connectivity index (χ4n) is 3.06. The number of unbranched alkanes of at least 4 members (excludes halogenated alkanes) is 1. The maximum absolute atomic E-state index is 6.26. The van der Waals surface area contributed by atoms with Crippen molar-refractivity contribution >= 4 is 0 Å². The first-order valence-electron chi connectivity index (χ1n) is 9.66. The molecule has 1 heterocycles. The minimum absolute atomic E-state index is 0.0948. The van der Waals surface area contributed by atoms with E-state index in [-0.39, 0.29) is 6.10 Å². The van der Waals surface area contributed by atoms with Gasteiger partial charge in [-0.25, -0.2) is 4.68 Å². The van der Waals surface area contributed by atoms with E-state index in [0.29, 0.717) is 0 Å². The first-order valence-corrected chi connectivity index (χ1v) is 9.66. The summed E-state index contributed by atoms with van der Waals surface area (Å²) in [6, 6.07) is 20.8. The molecule has 0 aliphatic carbocycles. The number of hydrogen-bond acceptors (Lipinski definition) is 2. The van der Waals surface area contributed by atoms with Crippen LogP contribution >= 0.6 is 0 Å². The fraction of sp³-hybridized carbons (Fsp3) is 0.348. The number of benzene rings is 2. The largest absolute Gasteiger partial charge is 0.486 e. The molecule has 0 amide bonds. The number of ether oxygens (including phenoxy) is 1. The van der Waals surface area contributed by atoms with E-state index < -0.39 is 0 Å². The highest BCUT2D eigenvalue weighted by Gasteiger charge is 2.12. The summed E-state index contributed by atoms with van der Waals surface area (Å²) in [5.41, 5.74) is 3.44. The van der Waals surface area contributed by atoms with Crippen molar-refractivity contribution in [3.63, 3.8) is 0 Å². The molecule has 0 fully saturated rings. The molecule has 136 valence electrons. The first-order chi connectivity index (χ1) is 12.8. The normalized spacial score (nSPS) is 12.1. The van der Waals surface area contributed by atoms with Crippen LogP contribution in [-0.2, 0) is 6.42 Å². The van der Waals surface area contributed by atoms with Crippen molar-refractivity contribution < 1.29 is 4.74 Å². The molecular weight excluding hydrogens is 320 g/mol. The van der Waals surface area contributed by atoms with Gasteiger partial charge in [-0.1, -0.05) is 57.0 Å². The standard InChI is InChI=1S/C23H28N2O/c1-3-5-12-20-17-18-25(24-20)21-13-15-22(16-14-21)26-23(9-4-2)19-10-7-6-8-11-19/h6-8,10-11,13-18,23H,3-5,9,12H2,1-2H3. The molecule has 0 aliphatic rings. The monoisotopic (exact) mass is 348 g/mol. The van der Waals surface area contributed by atoms with Crippen LogP contribution in [0.2, 0.25) is 0 Å². The minimum Gasteiger partial charge on any atom is -0.486 e. The maximum atomic E-state index is 6.26. The first kappa shape index (κ1) is 18.2. The molecule has 2 aromatic carbocycles. The van der Waals surface area contributed by atoms with E-state index >= 15 is 0 Å². The second kappa shape index (κ2) is 9.23. The summed E-state index contributed by atoms with van der Waals surface area (Å²) in [7, 11) is 0. The number of aryl methyl sites for hydroxylation is 1. The Balaban J connectivity index is 1.69. The zero-order valence-electron chi connectivity index (χ0n) is 15.8. The van der Waals surface area contributed by atoms with Gasteiger partial charge in [-0.2, -0.15) is 5.10 Å². The lowest BCUT2D eigenvalue weighted by Crippen LogP contribution is -2.07. The molecule has 1 aromatic heterocycles. The average molecular weight is 348 g/mol. The van der Waals surface area contributed by atoms with Gasteiger partial charge in [-0.3, -0.25) is 0 Å². The molecule has 26 heavy (non-hydrogen) atoms. The summed E-state index contributed by atoms with van der Waals surface area (Å²) >= 11 is 0. The van der Waals surface area contributed by atoms with Crippen LogP contribution in [0, 0.1) is 0 Å². The molecule has 0 saturated heterocycles. The molecular formula is C23H28N2O. The van der Waals surface area contributed by atoms with E-state index in [2.05, 4.69) is 61.4 Å². The third kappa shape index (κ3) is 4.75. The van der Waals surface area contributed by atoms with E-state index in [0.717, 1.165) is 36.4 Å². The lowest BCUT2D eigenvalue weighted by atomic mass is 10.1. The Morgan fingerprint density at radius 1 is 0.923 bits per heavy atom. The highest BCUT2D eigenvalue weighted by molar-refractivity contribution is 5.37. The van der Waals surface area contributed by atoms with Gasteiger partial charge < -0.3 is 4.74 Å². The van der Waals surface area contributed by atoms with Crippen molar-refractivity contribution in [1.29, 1.82) is 0 Å². The van der Waals surface area contributed by atoms with Crippen LogP contribution < -0.4 is 4.74 Å². The van der Waals surface area contributed by atoms with Gasteiger partial charge in [-0.05, 0) is 55.2 Å². The van der Waals surface area contributed by atoms with Gasteiger partial charge in [0.05, 0.1) is 11.4 Å². The Morgan fingerprint density at radius 2 is 1.69 bits per heavy atom. The Bertz CT molecular complexity index is 777. The third-order valence-electron chi connectivity index (χ3n) is 4.53. The quantitative estimate of drug-likeness (QED) is 0.465. The lowest BCUT2D eigenvalue weighted by molar-refractivity contribution is 0.194. The van der Waals surface area contributed by atoms with E-state index in [4.69, 9.17) is 4.74 Å². The van der Waals surface area contributed by atoms with E-state index in [1.54, 1.807) is 0 Å². The van der Waals surface area contributed by atoms with Gasteiger partial charge in [0, 0.05) is 6.20 Å². The van der Waals surface area contributed by atoms with Crippen LogP contribution in [0.15, 0.2) is 66.9 Å². The molecule has 0 saturated carbocycles. The SMILES string of the molecule is CCCCc1ccn(-c2ccc(OC(CCC)c3ccccc3)cc2)n1. The maximum Gasteiger partial charge on any atom is 0.124 e. The van der Waals surface area contributed by atoms with Crippen LogP contribution in [0.25, 0.3) is 5.69 Å². The summed E-state index contributed by atoms with van der Waals surface area (Å²) in [6.45, 7) is 4.40. The molecule has 3 nitrogen and oxygen atoms in total. The summed E-state index contributed by atoms with van der Waals surface area (Å²) in [5, 5.41) is 4.66. The molecule has 0 radical (unpaired) electrons. The number of hydrogen-bond donors (Lipinski definition) is 0. The zero-order valence-corrected chi connectivity index (χ0v) is 15.8. The molecule has 1 unspecified atom stereocenters.